The number of benzene rings is 2. The first-order chi connectivity index (χ1) is 7.61. The lowest BCUT2D eigenvalue weighted by Gasteiger charge is -2.07. The number of fused-ring (bicyclic) bond motifs is 1. The summed E-state index contributed by atoms with van der Waals surface area (Å²) in [4.78, 5) is 11.2. The Bertz CT molecular complexity index is 566. The number of halogens is 2. The molecule has 0 saturated carbocycles. The highest BCUT2D eigenvalue weighted by atomic mass is 79.9. The van der Waals surface area contributed by atoms with Crippen LogP contribution in [0.5, 0.6) is 5.75 Å². The quantitative estimate of drug-likeness (QED) is 0.784. The SMILES string of the molecule is COc1cc2cc(Br)ccc2cc1C(=O)Cl. The van der Waals surface area contributed by atoms with Gasteiger partial charge in [-0.25, -0.2) is 0 Å². The fraction of sp³-hybridized carbons (Fsp3) is 0.0833. The summed E-state index contributed by atoms with van der Waals surface area (Å²) in [5.74, 6) is 0.491. The van der Waals surface area contributed by atoms with Crippen LogP contribution >= 0.6 is 27.5 Å². The summed E-state index contributed by atoms with van der Waals surface area (Å²) in [6, 6.07) is 9.32. The van der Waals surface area contributed by atoms with E-state index < -0.39 is 5.24 Å². The van der Waals surface area contributed by atoms with Crippen LogP contribution in [-0.2, 0) is 0 Å². The lowest BCUT2D eigenvalue weighted by atomic mass is 10.1. The summed E-state index contributed by atoms with van der Waals surface area (Å²) < 4.78 is 6.11. The third-order valence-electron chi connectivity index (χ3n) is 2.33. The minimum Gasteiger partial charge on any atom is -0.496 e. The van der Waals surface area contributed by atoms with Gasteiger partial charge < -0.3 is 4.74 Å². The molecule has 0 aromatic heterocycles. The standard InChI is InChI=1S/C12H8BrClO2/c1-16-11-6-8-4-9(13)3-2-7(8)5-10(11)12(14)15/h2-6H,1H3. The van der Waals surface area contributed by atoms with E-state index in [1.807, 2.05) is 18.2 Å². The van der Waals surface area contributed by atoms with Crippen molar-refractivity contribution in [1.82, 2.24) is 0 Å². The van der Waals surface area contributed by atoms with Crippen molar-refractivity contribution < 1.29 is 9.53 Å². The Morgan fingerprint density at radius 2 is 2.00 bits per heavy atom. The Morgan fingerprint density at radius 1 is 1.25 bits per heavy atom. The lowest BCUT2D eigenvalue weighted by molar-refractivity contribution is 0.107. The number of ether oxygens (including phenoxy) is 1. The molecular formula is C12H8BrClO2. The number of rotatable bonds is 2. The first-order valence-corrected chi connectivity index (χ1v) is 5.76. The molecule has 0 fully saturated rings. The topological polar surface area (TPSA) is 26.3 Å². The van der Waals surface area contributed by atoms with E-state index in [0.717, 1.165) is 15.2 Å². The third kappa shape index (κ3) is 2.06. The summed E-state index contributed by atoms with van der Waals surface area (Å²) in [6.45, 7) is 0. The van der Waals surface area contributed by atoms with E-state index in [1.165, 1.54) is 7.11 Å². The van der Waals surface area contributed by atoms with Gasteiger partial charge in [0.05, 0.1) is 12.7 Å². The molecule has 2 aromatic rings. The van der Waals surface area contributed by atoms with E-state index in [4.69, 9.17) is 16.3 Å². The second-order valence-corrected chi connectivity index (χ2v) is 4.58. The Labute approximate surface area is 106 Å². The maximum atomic E-state index is 11.2. The zero-order chi connectivity index (χ0) is 11.7. The average molecular weight is 300 g/mol. The van der Waals surface area contributed by atoms with E-state index in [1.54, 1.807) is 12.1 Å². The van der Waals surface area contributed by atoms with Crippen molar-refractivity contribution in [3.8, 4) is 5.75 Å². The predicted octanol–water partition coefficient (Wildman–Crippen LogP) is 3.99. The molecule has 0 heterocycles. The molecule has 4 heteroatoms. The summed E-state index contributed by atoms with van der Waals surface area (Å²) in [7, 11) is 1.52. The molecule has 2 nitrogen and oxygen atoms in total. The van der Waals surface area contributed by atoms with Crippen LogP contribution < -0.4 is 4.74 Å². The van der Waals surface area contributed by atoms with Gasteiger partial charge in [-0.3, -0.25) is 4.79 Å². The van der Waals surface area contributed by atoms with Crippen LogP contribution in [0.1, 0.15) is 10.4 Å². The first-order valence-electron chi connectivity index (χ1n) is 4.59. The summed E-state index contributed by atoms with van der Waals surface area (Å²) in [5, 5.41) is 1.43. The second kappa shape index (κ2) is 4.44. The Kier molecular flexibility index (Phi) is 3.17. The van der Waals surface area contributed by atoms with Gasteiger partial charge in [0, 0.05) is 4.47 Å². The summed E-state index contributed by atoms with van der Waals surface area (Å²) >= 11 is 8.88. The van der Waals surface area contributed by atoms with Crippen molar-refractivity contribution in [1.29, 1.82) is 0 Å². The average Bonchev–Trinajstić information content (AvgIpc) is 2.26. The number of methoxy groups -OCH3 is 1. The number of carbonyl (C=O) groups is 1. The number of hydrogen-bond donors (Lipinski definition) is 0. The van der Waals surface area contributed by atoms with Gasteiger partial charge >= 0.3 is 0 Å². The molecule has 0 unspecified atom stereocenters. The third-order valence-corrected chi connectivity index (χ3v) is 3.03. The molecule has 0 aliphatic heterocycles. The lowest BCUT2D eigenvalue weighted by Crippen LogP contribution is -1.95. The van der Waals surface area contributed by atoms with E-state index in [-0.39, 0.29) is 0 Å². The van der Waals surface area contributed by atoms with Crippen LogP contribution in [0.2, 0.25) is 0 Å². The highest BCUT2D eigenvalue weighted by Gasteiger charge is 2.11. The molecule has 0 spiro atoms. The molecule has 0 bridgehead atoms. The minimum absolute atomic E-state index is 0.388. The van der Waals surface area contributed by atoms with E-state index in [9.17, 15) is 4.79 Å². The van der Waals surface area contributed by atoms with Gasteiger partial charge in [0.2, 0.25) is 0 Å². The summed E-state index contributed by atoms with van der Waals surface area (Å²) in [5.41, 5.74) is 0.388. The molecule has 0 aliphatic carbocycles. The molecule has 0 radical (unpaired) electrons. The van der Waals surface area contributed by atoms with Crippen LogP contribution in [-0.4, -0.2) is 12.4 Å². The molecule has 82 valence electrons. The van der Waals surface area contributed by atoms with Crippen LogP contribution in [0, 0.1) is 0 Å². The smallest absolute Gasteiger partial charge is 0.256 e. The van der Waals surface area contributed by atoms with Crippen LogP contribution in [0.4, 0.5) is 0 Å². The van der Waals surface area contributed by atoms with Gasteiger partial charge in [-0.05, 0) is 46.6 Å². The minimum atomic E-state index is -0.512. The van der Waals surface area contributed by atoms with Gasteiger partial charge in [-0.1, -0.05) is 22.0 Å². The van der Waals surface area contributed by atoms with Gasteiger partial charge in [0.25, 0.3) is 5.24 Å². The second-order valence-electron chi connectivity index (χ2n) is 3.32. The Morgan fingerprint density at radius 3 is 2.62 bits per heavy atom. The van der Waals surface area contributed by atoms with Gasteiger partial charge in [0.15, 0.2) is 0 Å². The van der Waals surface area contributed by atoms with Crippen LogP contribution in [0.25, 0.3) is 10.8 Å². The van der Waals surface area contributed by atoms with E-state index in [2.05, 4.69) is 15.9 Å². The molecule has 2 aromatic carbocycles. The van der Waals surface area contributed by atoms with Gasteiger partial charge in [0.1, 0.15) is 5.75 Å². The molecule has 0 amide bonds. The Hall–Kier alpha value is -1.06. The molecule has 0 saturated heterocycles. The molecule has 2 rings (SSSR count). The van der Waals surface area contributed by atoms with Gasteiger partial charge in [-0.15, -0.1) is 0 Å². The zero-order valence-corrected chi connectivity index (χ0v) is 10.8. The first kappa shape index (κ1) is 11.4. The fourth-order valence-corrected chi connectivity index (χ4v) is 2.10. The zero-order valence-electron chi connectivity index (χ0n) is 8.46. The molecular weight excluding hydrogens is 291 g/mol. The molecule has 0 aliphatic rings. The van der Waals surface area contributed by atoms with Crippen molar-refractivity contribution in [2.24, 2.45) is 0 Å². The summed E-state index contributed by atoms with van der Waals surface area (Å²) in [6.07, 6.45) is 0. The van der Waals surface area contributed by atoms with E-state index in [0.29, 0.717) is 11.3 Å². The van der Waals surface area contributed by atoms with Crippen molar-refractivity contribution >= 4 is 43.5 Å². The predicted molar refractivity (Wildman–Crippen MR) is 68.4 cm³/mol. The van der Waals surface area contributed by atoms with Crippen molar-refractivity contribution in [3.63, 3.8) is 0 Å². The maximum absolute atomic E-state index is 11.2. The highest BCUT2D eigenvalue weighted by molar-refractivity contribution is 9.10. The largest absolute Gasteiger partial charge is 0.496 e. The fourth-order valence-electron chi connectivity index (χ4n) is 1.57. The Balaban J connectivity index is 2.75. The number of hydrogen-bond acceptors (Lipinski definition) is 2. The highest BCUT2D eigenvalue weighted by Crippen LogP contribution is 2.28. The maximum Gasteiger partial charge on any atom is 0.256 e. The monoisotopic (exact) mass is 298 g/mol. The molecule has 16 heavy (non-hydrogen) atoms. The van der Waals surface area contributed by atoms with Crippen LogP contribution in [0.15, 0.2) is 34.8 Å². The normalized spacial score (nSPS) is 10.4. The van der Waals surface area contributed by atoms with Crippen molar-refractivity contribution in [2.45, 2.75) is 0 Å². The van der Waals surface area contributed by atoms with Crippen LogP contribution in [0.3, 0.4) is 0 Å². The molecule has 0 atom stereocenters. The van der Waals surface area contributed by atoms with Gasteiger partial charge in [-0.2, -0.15) is 0 Å². The van der Waals surface area contributed by atoms with Crippen molar-refractivity contribution in [3.05, 3.63) is 40.4 Å². The van der Waals surface area contributed by atoms with E-state index >= 15 is 0 Å². The molecule has 0 N–H and O–H groups in total. The van der Waals surface area contributed by atoms with Crippen molar-refractivity contribution in [2.75, 3.05) is 7.11 Å². The number of carbonyl (C=O) groups excluding carboxylic acids is 1.